The predicted molar refractivity (Wildman–Crippen MR) is 182 cm³/mol. The highest BCUT2D eigenvalue weighted by Gasteiger charge is 2.57. The van der Waals surface area contributed by atoms with Crippen molar-refractivity contribution >= 4 is 11.8 Å². The standard InChI is InChI=1S/C37H54N4O7/c1-23-30-19-29(37(30,3)4)20-31(23)39-36(47)34-33(24(2)45)32(22-44)48-41(34)21-25-7-5-8-26(17-25)27-9-6-10-28(18-27)35(46)38-11-12-40(13-15-42)14-16-43/h5-10,17-18,23-24,29-34,42-45H,11-16,19-22H2,1-4H3,(H,38,46)(H,39,47). The highest BCUT2D eigenvalue weighted by atomic mass is 16.7. The molecule has 11 heteroatoms. The molecule has 1 aliphatic heterocycles. The summed E-state index contributed by atoms with van der Waals surface area (Å²) >= 11 is 0. The lowest BCUT2D eigenvalue weighted by atomic mass is 9.45. The molecule has 6 rings (SSSR count). The molecule has 2 bridgehead atoms. The third kappa shape index (κ3) is 7.78. The summed E-state index contributed by atoms with van der Waals surface area (Å²) in [6.45, 7) is 10.2. The van der Waals surface area contributed by atoms with E-state index >= 15 is 0 Å². The molecule has 1 saturated heterocycles. The van der Waals surface area contributed by atoms with Gasteiger partial charge in [-0.15, -0.1) is 0 Å². The second kappa shape index (κ2) is 15.8. The minimum absolute atomic E-state index is 0.0188. The van der Waals surface area contributed by atoms with Gasteiger partial charge >= 0.3 is 0 Å². The van der Waals surface area contributed by atoms with E-state index in [1.54, 1.807) is 18.1 Å². The van der Waals surface area contributed by atoms with Gasteiger partial charge in [0.25, 0.3) is 5.91 Å². The highest BCUT2D eigenvalue weighted by molar-refractivity contribution is 5.95. The van der Waals surface area contributed by atoms with Crippen molar-refractivity contribution in [3.8, 4) is 11.1 Å². The molecule has 0 radical (unpaired) electrons. The molecule has 264 valence electrons. The van der Waals surface area contributed by atoms with Crippen LogP contribution in [0.2, 0.25) is 0 Å². The average Bonchev–Trinajstić information content (AvgIpc) is 3.44. The zero-order valence-corrected chi connectivity index (χ0v) is 28.7. The van der Waals surface area contributed by atoms with Crippen LogP contribution in [0.3, 0.4) is 0 Å². The van der Waals surface area contributed by atoms with E-state index in [1.807, 2.05) is 47.4 Å². The molecule has 11 nitrogen and oxygen atoms in total. The van der Waals surface area contributed by atoms with Crippen LogP contribution in [-0.4, -0.2) is 112 Å². The Kier molecular flexibility index (Phi) is 11.9. The molecule has 4 fully saturated rings. The quantitative estimate of drug-likeness (QED) is 0.168. The average molecular weight is 667 g/mol. The van der Waals surface area contributed by atoms with Crippen molar-refractivity contribution in [2.75, 3.05) is 46.0 Å². The molecule has 48 heavy (non-hydrogen) atoms. The van der Waals surface area contributed by atoms with Crippen LogP contribution in [0.5, 0.6) is 0 Å². The van der Waals surface area contributed by atoms with Crippen LogP contribution in [0, 0.1) is 29.1 Å². The number of hydrogen-bond donors (Lipinski definition) is 6. The van der Waals surface area contributed by atoms with Gasteiger partial charge < -0.3 is 31.1 Å². The Hall–Kier alpha value is -2.90. The molecule has 8 atom stereocenters. The number of benzene rings is 2. The normalized spacial score (nSPS) is 28.6. The van der Waals surface area contributed by atoms with Crippen molar-refractivity contribution in [2.45, 2.75) is 71.4 Å². The van der Waals surface area contributed by atoms with E-state index < -0.39 is 24.2 Å². The Labute approximate surface area is 284 Å². The van der Waals surface area contributed by atoms with Crippen LogP contribution in [0.15, 0.2) is 48.5 Å². The van der Waals surface area contributed by atoms with E-state index in [-0.39, 0.29) is 44.2 Å². The fraction of sp³-hybridized carbons (Fsp3) is 0.622. The van der Waals surface area contributed by atoms with Crippen LogP contribution in [-0.2, 0) is 16.2 Å². The number of carbonyl (C=O) groups excluding carboxylic acids is 2. The van der Waals surface area contributed by atoms with Gasteiger partial charge in [0, 0.05) is 43.7 Å². The van der Waals surface area contributed by atoms with E-state index in [9.17, 15) is 30.0 Å². The number of hydrogen-bond acceptors (Lipinski definition) is 9. The fourth-order valence-electron chi connectivity index (χ4n) is 8.40. The summed E-state index contributed by atoms with van der Waals surface area (Å²) in [7, 11) is 0. The SMILES string of the molecule is CC(O)C1C(CO)ON(Cc2cccc(-c3cccc(C(=O)NCCN(CCO)CCO)c3)c2)C1C(=O)NC1CC2CC(C1C)C2(C)C. The third-order valence-electron chi connectivity index (χ3n) is 11.3. The van der Waals surface area contributed by atoms with Crippen molar-refractivity contribution in [3.63, 3.8) is 0 Å². The number of nitrogens with one attached hydrogen (secondary N) is 2. The van der Waals surface area contributed by atoms with Crippen molar-refractivity contribution in [1.29, 1.82) is 0 Å². The van der Waals surface area contributed by atoms with Crippen LogP contribution in [0.4, 0.5) is 0 Å². The first kappa shape index (κ1) is 36.4. The Bertz CT molecular complexity index is 1400. The van der Waals surface area contributed by atoms with Crippen LogP contribution in [0.1, 0.15) is 56.5 Å². The number of aliphatic hydroxyl groups excluding tert-OH is 4. The highest BCUT2D eigenvalue weighted by Crippen LogP contribution is 2.61. The van der Waals surface area contributed by atoms with Gasteiger partial charge in [0.15, 0.2) is 0 Å². The zero-order valence-electron chi connectivity index (χ0n) is 28.7. The second-order valence-corrected chi connectivity index (χ2v) is 14.6. The number of amides is 2. The van der Waals surface area contributed by atoms with Gasteiger partial charge in [-0.2, -0.15) is 5.06 Å². The lowest BCUT2D eigenvalue weighted by molar-refractivity contribution is -0.183. The molecule has 3 aliphatic carbocycles. The number of nitrogens with zero attached hydrogens (tertiary/aromatic N) is 2. The van der Waals surface area contributed by atoms with Gasteiger partial charge in [-0.1, -0.05) is 51.1 Å². The topological polar surface area (TPSA) is 155 Å². The molecule has 4 aliphatic rings. The first-order valence-corrected chi connectivity index (χ1v) is 17.4. The lowest BCUT2D eigenvalue weighted by Gasteiger charge is -2.62. The van der Waals surface area contributed by atoms with Gasteiger partial charge in [-0.25, -0.2) is 0 Å². The van der Waals surface area contributed by atoms with Gasteiger partial charge in [-0.3, -0.25) is 19.3 Å². The number of carbonyl (C=O) groups is 2. The maximum absolute atomic E-state index is 14.0. The maximum atomic E-state index is 14.0. The summed E-state index contributed by atoms with van der Waals surface area (Å²) in [4.78, 5) is 35.0. The first-order valence-electron chi connectivity index (χ1n) is 17.4. The molecule has 2 aromatic rings. The summed E-state index contributed by atoms with van der Waals surface area (Å²) in [5.74, 6) is 0.514. The van der Waals surface area contributed by atoms with E-state index in [2.05, 4.69) is 31.4 Å². The molecule has 1 heterocycles. The Morgan fingerprint density at radius 1 is 1.02 bits per heavy atom. The molecular formula is C37H54N4O7. The maximum Gasteiger partial charge on any atom is 0.251 e. The molecular weight excluding hydrogens is 612 g/mol. The van der Waals surface area contributed by atoms with E-state index in [0.717, 1.165) is 23.1 Å². The van der Waals surface area contributed by atoms with E-state index in [4.69, 9.17) is 4.84 Å². The van der Waals surface area contributed by atoms with E-state index in [1.165, 1.54) is 6.42 Å². The van der Waals surface area contributed by atoms with Gasteiger partial charge in [-0.05, 0) is 77.8 Å². The molecule has 8 unspecified atom stereocenters. The monoisotopic (exact) mass is 666 g/mol. The zero-order chi connectivity index (χ0) is 34.6. The van der Waals surface area contributed by atoms with Crippen molar-refractivity contribution in [1.82, 2.24) is 20.6 Å². The van der Waals surface area contributed by atoms with Crippen LogP contribution in [0.25, 0.3) is 11.1 Å². The third-order valence-corrected chi connectivity index (χ3v) is 11.3. The first-order chi connectivity index (χ1) is 23.0. The molecule has 2 aromatic carbocycles. The summed E-state index contributed by atoms with van der Waals surface area (Å²) in [6, 6.07) is 14.5. The number of fused-ring (bicyclic) bond motifs is 2. The van der Waals surface area contributed by atoms with Gasteiger partial charge in [0.05, 0.1) is 32.5 Å². The molecule has 3 saturated carbocycles. The summed E-state index contributed by atoms with van der Waals surface area (Å²) in [5.41, 5.74) is 3.43. The van der Waals surface area contributed by atoms with Gasteiger partial charge in [0.2, 0.25) is 5.91 Å². The van der Waals surface area contributed by atoms with Crippen molar-refractivity contribution in [2.24, 2.45) is 29.1 Å². The summed E-state index contributed by atoms with van der Waals surface area (Å²) < 4.78 is 0. The summed E-state index contributed by atoms with van der Waals surface area (Å²) in [6.07, 6.45) is 0.570. The van der Waals surface area contributed by atoms with Crippen molar-refractivity contribution < 1.29 is 34.9 Å². The minimum atomic E-state index is -0.869. The molecule has 0 aromatic heterocycles. The Morgan fingerprint density at radius 2 is 1.71 bits per heavy atom. The Morgan fingerprint density at radius 3 is 2.33 bits per heavy atom. The molecule has 6 N–H and O–H groups in total. The predicted octanol–water partition coefficient (Wildman–Crippen LogP) is 2.03. The second-order valence-electron chi connectivity index (χ2n) is 14.6. The molecule has 0 spiro atoms. The number of rotatable bonds is 15. The van der Waals surface area contributed by atoms with Crippen molar-refractivity contribution in [3.05, 3.63) is 59.7 Å². The van der Waals surface area contributed by atoms with Gasteiger partial charge in [0.1, 0.15) is 12.1 Å². The largest absolute Gasteiger partial charge is 0.395 e. The van der Waals surface area contributed by atoms with Crippen LogP contribution >= 0.6 is 0 Å². The molecule has 2 amide bonds. The number of hydroxylamine groups is 2. The fourth-order valence-corrected chi connectivity index (χ4v) is 8.40. The summed E-state index contributed by atoms with van der Waals surface area (Å²) in [5, 5.41) is 47.2. The van der Waals surface area contributed by atoms with Crippen LogP contribution < -0.4 is 10.6 Å². The number of aliphatic hydroxyl groups is 4. The smallest absolute Gasteiger partial charge is 0.251 e. The lowest BCUT2D eigenvalue weighted by Crippen LogP contribution is -2.62. The Balaban J connectivity index is 1.28. The van der Waals surface area contributed by atoms with E-state index in [0.29, 0.717) is 54.9 Å². The minimum Gasteiger partial charge on any atom is -0.395 e.